The number of para-hydroxylation sites is 1. The monoisotopic (exact) mass is 269 g/mol. The predicted octanol–water partition coefficient (Wildman–Crippen LogP) is 2.75. The van der Waals surface area contributed by atoms with Gasteiger partial charge in [-0.15, -0.1) is 0 Å². The Morgan fingerprint density at radius 2 is 2.05 bits per heavy atom. The van der Waals surface area contributed by atoms with Crippen molar-refractivity contribution in [2.75, 3.05) is 5.32 Å². The Labute approximate surface area is 119 Å². The van der Waals surface area contributed by atoms with E-state index in [0.717, 1.165) is 29.7 Å². The Morgan fingerprint density at radius 3 is 2.70 bits per heavy atom. The Kier molecular flexibility index (Phi) is 4.85. The minimum Gasteiger partial charge on any atom is -0.326 e. The van der Waals surface area contributed by atoms with Crippen molar-refractivity contribution < 1.29 is 4.79 Å². The third kappa shape index (κ3) is 3.42. The van der Waals surface area contributed by atoms with Gasteiger partial charge >= 0.3 is 0 Å². The van der Waals surface area contributed by atoms with Crippen LogP contribution in [0.15, 0.2) is 42.6 Å². The van der Waals surface area contributed by atoms with Gasteiger partial charge in [0.2, 0.25) is 0 Å². The molecular formula is C16H19N3O. The number of carbonyl (C=O) groups is 1. The molecule has 0 spiro atoms. The highest BCUT2D eigenvalue weighted by atomic mass is 16.1. The Balaban J connectivity index is 2.14. The first-order valence-electron chi connectivity index (χ1n) is 6.79. The summed E-state index contributed by atoms with van der Waals surface area (Å²) in [6.45, 7) is 2.54. The standard InChI is InChI=1S/C16H19N3O/c1-2-5-13-6-3-4-7-14(13)19-16(20)15-9-8-12(10-17)11-18-15/h3-4,6-9,11H,2,5,10,17H2,1H3,(H,19,20). The van der Waals surface area contributed by atoms with Gasteiger partial charge in [0.1, 0.15) is 5.69 Å². The molecule has 0 saturated carbocycles. The van der Waals surface area contributed by atoms with E-state index in [2.05, 4.69) is 17.2 Å². The van der Waals surface area contributed by atoms with E-state index in [1.54, 1.807) is 12.3 Å². The van der Waals surface area contributed by atoms with E-state index >= 15 is 0 Å². The van der Waals surface area contributed by atoms with Crippen LogP contribution in [0, 0.1) is 0 Å². The summed E-state index contributed by atoms with van der Waals surface area (Å²) >= 11 is 0. The van der Waals surface area contributed by atoms with E-state index in [1.807, 2.05) is 30.3 Å². The molecule has 1 aromatic carbocycles. The van der Waals surface area contributed by atoms with Gasteiger partial charge in [0.15, 0.2) is 0 Å². The zero-order valence-electron chi connectivity index (χ0n) is 11.6. The average Bonchev–Trinajstić information content (AvgIpc) is 2.49. The summed E-state index contributed by atoms with van der Waals surface area (Å²) in [5.41, 5.74) is 8.81. The summed E-state index contributed by atoms with van der Waals surface area (Å²) in [6.07, 6.45) is 3.61. The van der Waals surface area contributed by atoms with Crippen LogP contribution in [0.3, 0.4) is 0 Å². The molecule has 0 fully saturated rings. The van der Waals surface area contributed by atoms with Crippen LogP contribution in [-0.2, 0) is 13.0 Å². The molecule has 1 aromatic heterocycles. The van der Waals surface area contributed by atoms with Crippen LogP contribution in [0.2, 0.25) is 0 Å². The molecule has 3 N–H and O–H groups in total. The van der Waals surface area contributed by atoms with Crippen LogP contribution in [0.1, 0.15) is 35.0 Å². The van der Waals surface area contributed by atoms with Gasteiger partial charge in [0, 0.05) is 18.4 Å². The lowest BCUT2D eigenvalue weighted by Crippen LogP contribution is -2.15. The lowest BCUT2D eigenvalue weighted by molar-refractivity contribution is 0.102. The number of aromatic nitrogens is 1. The van der Waals surface area contributed by atoms with E-state index in [4.69, 9.17) is 5.73 Å². The zero-order chi connectivity index (χ0) is 14.4. The van der Waals surface area contributed by atoms with Gasteiger partial charge < -0.3 is 11.1 Å². The van der Waals surface area contributed by atoms with Gasteiger partial charge in [-0.3, -0.25) is 9.78 Å². The van der Waals surface area contributed by atoms with E-state index < -0.39 is 0 Å². The number of nitrogens with two attached hydrogens (primary N) is 1. The lowest BCUT2D eigenvalue weighted by Gasteiger charge is -2.10. The van der Waals surface area contributed by atoms with Crippen molar-refractivity contribution in [3.8, 4) is 0 Å². The average molecular weight is 269 g/mol. The molecule has 4 nitrogen and oxygen atoms in total. The van der Waals surface area contributed by atoms with Crippen molar-refractivity contribution in [1.29, 1.82) is 0 Å². The number of aryl methyl sites for hydroxylation is 1. The van der Waals surface area contributed by atoms with E-state index in [-0.39, 0.29) is 5.91 Å². The van der Waals surface area contributed by atoms with Crippen LogP contribution in [0.25, 0.3) is 0 Å². The number of benzene rings is 1. The summed E-state index contributed by atoms with van der Waals surface area (Å²) in [6, 6.07) is 11.4. The van der Waals surface area contributed by atoms with E-state index in [0.29, 0.717) is 12.2 Å². The number of pyridine rings is 1. The third-order valence-electron chi connectivity index (χ3n) is 3.08. The summed E-state index contributed by atoms with van der Waals surface area (Å²) < 4.78 is 0. The second kappa shape index (κ2) is 6.82. The molecule has 0 atom stereocenters. The Bertz CT molecular complexity index is 579. The quantitative estimate of drug-likeness (QED) is 0.877. The van der Waals surface area contributed by atoms with Crippen molar-refractivity contribution in [2.45, 2.75) is 26.3 Å². The fourth-order valence-corrected chi connectivity index (χ4v) is 2.00. The maximum atomic E-state index is 12.2. The van der Waals surface area contributed by atoms with Crippen molar-refractivity contribution >= 4 is 11.6 Å². The normalized spacial score (nSPS) is 10.3. The van der Waals surface area contributed by atoms with Crippen molar-refractivity contribution in [3.05, 3.63) is 59.4 Å². The molecule has 2 rings (SSSR count). The highest BCUT2D eigenvalue weighted by molar-refractivity contribution is 6.03. The van der Waals surface area contributed by atoms with Crippen LogP contribution in [0.4, 0.5) is 5.69 Å². The van der Waals surface area contributed by atoms with Gasteiger partial charge in [-0.2, -0.15) is 0 Å². The molecule has 0 aliphatic heterocycles. The summed E-state index contributed by atoms with van der Waals surface area (Å²) in [7, 11) is 0. The Hall–Kier alpha value is -2.20. The second-order valence-corrected chi connectivity index (χ2v) is 4.62. The third-order valence-corrected chi connectivity index (χ3v) is 3.08. The highest BCUT2D eigenvalue weighted by Gasteiger charge is 2.09. The topological polar surface area (TPSA) is 68.0 Å². The van der Waals surface area contributed by atoms with Crippen LogP contribution in [0.5, 0.6) is 0 Å². The van der Waals surface area contributed by atoms with Crippen molar-refractivity contribution in [1.82, 2.24) is 4.98 Å². The molecule has 20 heavy (non-hydrogen) atoms. The predicted molar refractivity (Wildman–Crippen MR) is 80.5 cm³/mol. The number of hydrogen-bond acceptors (Lipinski definition) is 3. The number of carbonyl (C=O) groups excluding carboxylic acids is 1. The molecule has 2 aromatic rings. The minimum absolute atomic E-state index is 0.197. The number of rotatable bonds is 5. The van der Waals surface area contributed by atoms with Gasteiger partial charge in [-0.1, -0.05) is 37.6 Å². The molecule has 0 aliphatic rings. The Morgan fingerprint density at radius 1 is 1.25 bits per heavy atom. The first kappa shape index (κ1) is 14.2. The smallest absolute Gasteiger partial charge is 0.274 e. The van der Waals surface area contributed by atoms with Gasteiger partial charge in [0.05, 0.1) is 0 Å². The zero-order valence-corrected chi connectivity index (χ0v) is 11.6. The van der Waals surface area contributed by atoms with Gasteiger partial charge in [-0.25, -0.2) is 0 Å². The maximum absolute atomic E-state index is 12.2. The lowest BCUT2D eigenvalue weighted by atomic mass is 10.1. The summed E-state index contributed by atoms with van der Waals surface area (Å²) in [5.74, 6) is -0.197. The second-order valence-electron chi connectivity index (χ2n) is 4.62. The first-order valence-corrected chi connectivity index (χ1v) is 6.79. The number of amides is 1. The van der Waals surface area contributed by atoms with Crippen molar-refractivity contribution in [3.63, 3.8) is 0 Å². The molecule has 0 bridgehead atoms. The first-order chi connectivity index (χ1) is 9.74. The minimum atomic E-state index is -0.197. The number of hydrogen-bond donors (Lipinski definition) is 2. The van der Waals surface area contributed by atoms with Gasteiger partial charge in [-0.05, 0) is 29.7 Å². The van der Waals surface area contributed by atoms with Crippen LogP contribution in [-0.4, -0.2) is 10.9 Å². The molecule has 1 amide bonds. The van der Waals surface area contributed by atoms with Crippen LogP contribution >= 0.6 is 0 Å². The van der Waals surface area contributed by atoms with E-state index in [9.17, 15) is 4.79 Å². The molecule has 0 unspecified atom stereocenters. The van der Waals surface area contributed by atoms with Crippen molar-refractivity contribution in [2.24, 2.45) is 5.73 Å². The maximum Gasteiger partial charge on any atom is 0.274 e. The molecule has 1 heterocycles. The van der Waals surface area contributed by atoms with Gasteiger partial charge in [0.25, 0.3) is 5.91 Å². The fourth-order valence-electron chi connectivity index (χ4n) is 2.00. The molecule has 0 radical (unpaired) electrons. The SMILES string of the molecule is CCCc1ccccc1NC(=O)c1ccc(CN)cn1. The molecule has 0 saturated heterocycles. The van der Waals surface area contributed by atoms with Crippen LogP contribution < -0.4 is 11.1 Å². The molecule has 104 valence electrons. The number of nitrogens with zero attached hydrogens (tertiary/aromatic N) is 1. The number of nitrogens with one attached hydrogen (secondary N) is 1. The highest BCUT2D eigenvalue weighted by Crippen LogP contribution is 2.17. The molecule has 4 heteroatoms. The summed E-state index contributed by atoms with van der Waals surface area (Å²) in [5, 5.41) is 2.92. The fraction of sp³-hybridized carbons (Fsp3) is 0.250. The number of anilines is 1. The molecule has 0 aliphatic carbocycles. The molecular weight excluding hydrogens is 250 g/mol. The van der Waals surface area contributed by atoms with E-state index in [1.165, 1.54) is 0 Å². The largest absolute Gasteiger partial charge is 0.326 e. The summed E-state index contributed by atoms with van der Waals surface area (Å²) in [4.78, 5) is 16.3.